The first kappa shape index (κ1) is 17.5. The Morgan fingerprint density at radius 2 is 1.17 bits per heavy atom. The summed E-state index contributed by atoms with van der Waals surface area (Å²) >= 11 is 6.16. The fourth-order valence-corrected chi connectivity index (χ4v) is 8.68. The van der Waals surface area contributed by atoms with Crippen molar-refractivity contribution in [2.45, 2.75) is 3.71 Å². The third-order valence-electron chi connectivity index (χ3n) is 3.32. The van der Waals surface area contributed by atoms with Crippen LogP contribution in [0, 0.1) is 0 Å². The molecule has 0 aliphatic carbocycles. The van der Waals surface area contributed by atoms with Gasteiger partial charge < -0.3 is 0 Å². The molecule has 0 saturated carbocycles. The van der Waals surface area contributed by atoms with Crippen molar-refractivity contribution in [3.05, 3.63) is 95.5 Å². The molecule has 0 bridgehead atoms. The summed E-state index contributed by atoms with van der Waals surface area (Å²) in [7, 11) is 0. The summed E-state index contributed by atoms with van der Waals surface area (Å²) in [6, 6.07) is 27.9. The van der Waals surface area contributed by atoms with E-state index in [-0.39, 0.29) is 39.4 Å². The molecule has 0 aliphatic rings. The van der Waals surface area contributed by atoms with Crippen molar-refractivity contribution in [3.8, 4) is 0 Å². The van der Waals surface area contributed by atoms with Crippen LogP contribution in [0.5, 0.6) is 0 Å². The molecule has 3 rings (SSSR count). The monoisotopic (exact) mass is 466 g/mol. The first-order chi connectivity index (χ1) is 11.7. The molecule has 0 atom stereocenters. The Morgan fingerprint density at radius 1 is 0.708 bits per heavy atom. The van der Waals surface area contributed by atoms with Gasteiger partial charge in [-0.2, -0.15) is 0 Å². The van der Waals surface area contributed by atoms with Gasteiger partial charge in [0.05, 0.1) is 0 Å². The molecule has 3 aromatic carbocycles. The molecule has 3 aromatic rings. The predicted molar refractivity (Wildman–Crippen MR) is 103 cm³/mol. The fraction of sp³-hybridized carbons (Fsp3) is 0.0500. The molecule has 0 unspecified atom stereocenters. The minimum atomic E-state index is 0.0379. The molecule has 0 amide bonds. The van der Waals surface area contributed by atoms with Crippen molar-refractivity contribution in [2.24, 2.45) is 0 Å². The molecule has 4 heteroatoms. The van der Waals surface area contributed by atoms with E-state index in [2.05, 4.69) is 24.3 Å². The number of halogens is 1. The van der Waals surface area contributed by atoms with Gasteiger partial charge in [0.2, 0.25) is 0 Å². The molecule has 0 fully saturated rings. The quantitative estimate of drug-likeness (QED) is 0.404. The molecule has 0 heterocycles. The summed E-state index contributed by atoms with van der Waals surface area (Å²) in [5.74, 6) is 0.222. The zero-order valence-electron chi connectivity index (χ0n) is 12.8. The van der Waals surface area contributed by atoms with Gasteiger partial charge in [-0.3, -0.25) is 0 Å². The maximum absolute atomic E-state index is 13.1. The van der Waals surface area contributed by atoms with Crippen LogP contribution in [0.2, 0.25) is 8.74 Å². The van der Waals surface area contributed by atoms with Crippen LogP contribution in [0.4, 0.5) is 0 Å². The summed E-state index contributed by atoms with van der Waals surface area (Å²) < 4.78 is 2.56. The van der Waals surface area contributed by atoms with Crippen LogP contribution in [0.1, 0.15) is 10.4 Å². The van der Waals surface area contributed by atoms with E-state index < -0.39 is 0 Å². The van der Waals surface area contributed by atoms with E-state index in [1.807, 2.05) is 48.5 Å². The number of carbonyl (C=O) groups is 1. The Labute approximate surface area is 159 Å². The van der Waals surface area contributed by atoms with Gasteiger partial charge in [-0.25, -0.2) is 0 Å². The summed E-state index contributed by atoms with van der Waals surface area (Å²) in [4.78, 5) is 13.1. The molecule has 0 N–H and O–H groups in total. The number of benzene rings is 3. The number of ketones is 1. The normalized spacial score (nSPS) is 10.8. The number of hydrogen-bond acceptors (Lipinski definition) is 1. The molecule has 0 aliphatic heterocycles. The van der Waals surface area contributed by atoms with Gasteiger partial charge in [-0.15, -0.1) is 0 Å². The van der Waals surface area contributed by atoms with Gasteiger partial charge in [-0.1, -0.05) is 0 Å². The number of hydrogen-bond donors (Lipinski definition) is 0. The average molecular weight is 465 g/mol. The van der Waals surface area contributed by atoms with Gasteiger partial charge in [0.25, 0.3) is 0 Å². The van der Waals surface area contributed by atoms with Gasteiger partial charge in [-0.05, 0) is 0 Å². The molecule has 1 nitrogen and oxygen atoms in total. The average Bonchev–Trinajstić information content (AvgIpc) is 2.63. The van der Waals surface area contributed by atoms with E-state index in [1.165, 1.54) is 8.92 Å². The van der Waals surface area contributed by atoms with Crippen molar-refractivity contribution in [1.82, 2.24) is 0 Å². The first-order valence-electron chi connectivity index (χ1n) is 7.45. The van der Waals surface area contributed by atoms with Crippen LogP contribution in [-0.2, 0) is 0 Å². The number of Topliss-reactive ketones (excluding diaryl/α,β-unsaturated/α-hetero) is 1. The SMILES string of the molecule is O=C(c1ccc(Cl)cc1)C([Se]c1ccccc1)[Se]c1ccccc1. The standard InChI is InChI=1S/C20H15ClOSe2/c21-16-13-11-15(12-14-16)19(22)20(23-17-7-3-1-4-8-17)24-18-9-5-2-6-10-18/h1-14,20H. The topological polar surface area (TPSA) is 17.1 Å². The second-order valence-electron chi connectivity index (χ2n) is 5.06. The van der Waals surface area contributed by atoms with Crippen molar-refractivity contribution < 1.29 is 4.79 Å². The second kappa shape index (κ2) is 8.67. The van der Waals surface area contributed by atoms with Crippen LogP contribution >= 0.6 is 11.6 Å². The zero-order chi connectivity index (χ0) is 16.8. The van der Waals surface area contributed by atoms with E-state index in [0.29, 0.717) is 5.02 Å². The molecule has 0 saturated heterocycles. The van der Waals surface area contributed by atoms with Gasteiger partial charge >= 0.3 is 160 Å². The molecular formula is C20H15ClOSe2. The van der Waals surface area contributed by atoms with Crippen molar-refractivity contribution in [1.29, 1.82) is 0 Å². The predicted octanol–water partition coefficient (Wildman–Crippen LogP) is 3.33. The van der Waals surface area contributed by atoms with Crippen LogP contribution in [0.15, 0.2) is 84.9 Å². The zero-order valence-corrected chi connectivity index (χ0v) is 16.9. The summed E-state index contributed by atoms with van der Waals surface area (Å²) in [6.45, 7) is 0. The van der Waals surface area contributed by atoms with E-state index >= 15 is 0 Å². The Bertz CT molecular complexity index is 747. The Kier molecular flexibility index (Phi) is 6.31. The van der Waals surface area contributed by atoms with E-state index in [0.717, 1.165) is 5.56 Å². The maximum atomic E-state index is 13.1. The molecular weight excluding hydrogens is 450 g/mol. The second-order valence-corrected chi connectivity index (χ2v) is 12.0. The van der Waals surface area contributed by atoms with Crippen molar-refractivity contribution in [3.63, 3.8) is 0 Å². The number of rotatable bonds is 6. The Morgan fingerprint density at radius 3 is 1.62 bits per heavy atom. The Balaban J connectivity index is 1.85. The molecule has 0 radical (unpaired) electrons. The van der Waals surface area contributed by atoms with Gasteiger partial charge in [0, 0.05) is 0 Å². The van der Waals surface area contributed by atoms with E-state index in [9.17, 15) is 4.79 Å². The third-order valence-corrected chi connectivity index (χ3v) is 9.75. The molecule has 0 spiro atoms. The summed E-state index contributed by atoms with van der Waals surface area (Å²) in [5.41, 5.74) is 0.750. The summed E-state index contributed by atoms with van der Waals surface area (Å²) in [6.07, 6.45) is 0. The Hall–Kier alpha value is -1.34. The van der Waals surface area contributed by atoms with E-state index in [4.69, 9.17) is 11.6 Å². The van der Waals surface area contributed by atoms with Crippen LogP contribution in [0.25, 0.3) is 0 Å². The number of carbonyl (C=O) groups excluding carboxylic acids is 1. The van der Waals surface area contributed by atoms with Gasteiger partial charge in [0.15, 0.2) is 0 Å². The van der Waals surface area contributed by atoms with Crippen LogP contribution < -0.4 is 8.92 Å². The fourth-order valence-electron chi connectivity index (χ4n) is 2.13. The van der Waals surface area contributed by atoms with E-state index in [1.54, 1.807) is 12.1 Å². The van der Waals surface area contributed by atoms with Crippen LogP contribution in [-0.4, -0.2) is 35.7 Å². The van der Waals surface area contributed by atoms with Gasteiger partial charge in [0.1, 0.15) is 0 Å². The van der Waals surface area contributed by atoms with Crippen LogP contribution in [0.3, 0.4) is 0 Å². The minimum absolute atomic E-state index is 0.0379. The molecule has 0 aromatic heterocycles. The summed E-state index contributed by atoms with van der Waals surface area (Å²) in [5, 5.41) is 0.658. The van der Waals surface area contributed by atoms with Crippen molar-refractivity contribution in [2.75, 3.05) is 0 Å². The van der Waals surface area contributed by atoms with Crippen molar-refractivity contribution >= 4 is 56.2 Å². The third kappa shape index (κ3) is 4.83. The molecule has 120 valence electrons. The first-order valence-corrected chi connectivity index (χ1v) is 11.5. The molecule has 24 heavy (non-hydrogen) atoms.